The van der Waals surface area contributed by atoms with Crippen molar-refractivity contribution in [3.05, 3.63) is 70.6 Å². The van der Waals surface area contributed by atoms with Crippen molar-refractivity contribution in [2.24, 2.45) is 0 Å². The fourth-order valence-corrected chi connectivity index (χ4v) is 4.55. The lowest BCUT2D eigenvalue weighted by atomic mass is 10.1. The molecule has 29 heavy (non-hydrogen) atoms. The van der Waals surface area contributed by atoms with Gasteiger partial charge in [0.15, 0.2) is 6.54 Å². The van der Waals surface area contributed by atoms with Gasteiger partial charge in [-0.2, -0.15) is 4.31 Å². The van der Waals surface area contributed by atoms with Crippen LogP contribution in [0.5, 0.6) is 0 Å². The number of anilines is 1. The molecule has 0 radical (unpaired) electrons. The number of carbonyl (C=O) groups excluding carboxylic acids is 1. The van der Waals surface area contributed by atoms with Crippen molar-refractivity contribution in [3.8, 4) is 0 Å². The van der Waals surface area contributed by atoms with E-state index >= 15 is 0 Å². The van der Waals surface area contributed by atoms with Crippen molar-refractivity contribution in [1.82, 2.24) is 4.31 Å². The van der Waals surface area contributed by atoms with Crippen molar-refractivity contribution >= 4 is 27.7 Å². The average molecular weight is 415 g/mol. The summed E-state index contributed by atoms with van der Waals surface area (Å²) in [5.41, 5.74) is 3.89. The summed E-state index contributed by atoms with van der Waals surface area (Å²) in [6.07, 6.45) is 1.62. The van der Waals surface area contributed by atoms with Gasteiger partial charge in [-0.3, -0.25) is 4.79 Å². The van der Waals surface area contributed by atoms with Crippen molar-refractivity contribution < 1.29 is 18.1 Å². The Balaban J connectivity index is 1.51. The highest BCUT2D eigenvalue weighted by Gasteiger charge is 2.28. The van der Waals surface area contributed by atoms with Crippen molar-refractivity contribution in [1.29, 1.82) is 0 Å². The normalized spacial score (nSPS) is 16.2. The lowest BCUT2D eigenvalue weighted by molar-refractivity contribution is -0.895. The summed E-state index contributed by atoms with van der Waals surface area (Å²) in [5.74, 6) is -0.0472. The van der Waals surface area contributed by atoms with Gasteiger partial charge < -0.3 is 10.2 Å². The predicted octanol–water partition coefficient (Wildman–Crippen LogP) is 1.44. The van der Waals surface area contributed by atoms with Gasteiger partial charge in [0.2, 0.25) is 10.0 Å². The molecule has 0 spiro atoms. The molecule has 154 valence electrons. The molecule has 0 aliphatic carbocycles. The van der Waals surface area contributed by atoms with Crippen LogP contribution in [0.25, 0.3) is 6.08 Å². The molecule has 1 amide bonds. The van der Waals surface area contributed by atoms with E-state index in [4.69, 9.17) is 0 Å². The summed E-state index contributed by atoms with van der Waals surface area (Å²) in [7, 11) is -3.45. The topological polar surface area (TPSA) is 70.9 Å². The predicted molar refractivity (Wildman–Crippen MR) is 116 cm³/mol. The van der Waals surface area contributed by atoms with Crippen LogP contribution < -0.4 is 10.2 Å². The number of benzene rings is 2. The molecule has 0 unspecified atom stereocenters. The van der Waals surface area contributed by atoms with Gasteiger partial charge in [-0.1, -0.05) is 42.5 Å². The second kappa shape index (κ2) is 9.35. The Morgan fingerprint density at radius 2 is 1.76 bits per heavy atom. The Morgan fingerprint density at radius 3 is 2.45 bits per heavy atom. The molecule has 1 aliphatic rings. The SMILES string of the molecule is Cc1cccc(NC(=O)C[NH+]2CCN(S(=O)(=O)/C=C/c3ccccc3)CC2)c1C. The molecular formula is C22H28N3O3S+. The third-order valence-corrected chi connectivity index (χ3v) is 6.88. The molecule has 2 aromatic rings. The van der Waals surface area contributed by atoms with Gasteiger partial charge >= 0.3 is 0 Å². The summed E-state index contributed by atoms with van der Waals surface area (Å²) in [4.78, 5) is 13.5. The molecule has 1 aliphatic heterocycles. The zero-order valence-electron chi connectivity index (χ0n) is 16.9. The zero-order valence-corrected chi connectivity index (χ0v) is 17.7. The van der Waals surface area contributed by atoms with Gasteiger partial charge in [0.05, 0.1) is 26.2 Å². The first kappa shape index (κ1) is 21.2. The van der Waals surface area contributed by atoms with Crippen LogP contribution in [-0.4, -0.2) is 51.4 Å². The van der Waals surface area contributed by atoms with Crippen LogP contribution in [0.1, 0.15) is 16.7 Å². The first-order valence-corrected chi connectivity index (χ1v) is 11.3. The van der Waals surface area contributed by atoms with E-state index in [0.717, 1.165) is 27.3 Å². The van der Waals surface area contributed by atoms with E-state index in [1.54, 1.807) is 6.08 Å². The van der Waals surface area contributed by atoms with Crippen molar-refractivity contribution in [2.45, 2.75) is 13.8 Å². The lowest BCUT2D eigenvalue weighted by Gasteiger charge is -2.30. The monoisotopic (exact) mass is 414 g/mol. The number of sulfonamides is 1. The minimum Gasteiger partial charge on any atom is -0.325 e. The van der Waals surface area contributed by atoms with Gasteiger partial charge in [-0.05, 0) is 42.7 Å². The van der Waals surface area contributed by atoms with Gasteiger partial charge in [0.25, 0.3) is 5.91 Å². The second-order valence-electron chi connectivity index (χ2n) is 7.38. The van der Waals surface area contributed by atoms with Crippen LogP contribution in [0.3, 0.4) is 0 Å². The van der Waals surface area contributed by atoms with E-state index in [2.05, 4.69) is 5.32 Å². The van der Waals surface area contributed by atoms with E-state index in [9.17, 15) is 13.2 Å². The minimum absolute atomic E-state index is 0.0472. The van der Waals surface area contributed by atoms with E-state index in [1.807, 2.05) is 62.4 Å². The number of carbonyl (C=O) groups is 1. The number of nitrogens with zero attached hydrogens (tertiary/aromatic N) is 1. The fraction of sp³-hybridized carbons (Fsp3) is 0.318. The molecule has 3 rings (SSSR count). The van der Waals surface area contributed by atoms with E-state index in [1.165, 1.54) is 9.71 Å². The number of nitrogens with one attached hydrogen (secondary N) is 2. The van der Waals surface area contributed by atoms with Gasteiger partial charge in [0.1, 0.15) is 0 Å². The van der Waals surface area contributed by atoms with Gasteiger partial charge in [-0.15, -0.1) is 0 Å². The minimum atomic E-state index is -3.45. The first-order valence-electron chi connectivity index (χ1n) is 9.78. The number of quaternary nitrogens is 1. The van der Waals surface area contributed by atoms with Crippen LogP contribution in [0.2, 0.25) is 0 Å². The number of rotatable bonds is 6. The number of hydrogen-bond donors (Lipinski definition) is 2. The van der Waals surface area contributed by atoms with Crippen molar-refractivity contribution in [3.63, 3.8) is 0 Å². The maximum atomic E-state index is 12.5. The van der Waals surface area contributed by atoms with Crippen LogP contribution in [0.4, 0.5) is 5.69 Å². The third kappa shape index (κ3) is 5.76. The molecule has 1 fully saturated rings. The molecule has 1 heterocycles. The second-order valence-corrected chi connectivity index (χ2v) is 9.20. The molecule has 6 nitrogen and oxygen atoms in total. The molecule has 2 aromatic carbocycles. The number of hydrogen-bond acceptors (Lipinski definition) is 3. The highest BCUT2D eigenvalue weighted by Crippen LogP contribution is 2.17. The number of piperazine rings is 1. The standard InChI is InChI=1S/C22H27N3O3S/c1-18-7-6-10-21(19(18)2)23-22(26)17-24-12-14-25(15-13-24)29(27,28)16-11-20-8-4-3-5-9-20/h3-11,16H,12-15,17H2,1-2H3,(H,23,26)/p+1/b16-11+. The molecule has 2 N–H and O–H groups in total. The largest absolute Gasteiger partial charge is 0.325 e. The van der Waals surface area contributed by atoms with E-state index in [-0.39, 0.29) is 5.91 Å². The molecule has 0 bridgehead atoms. The van der Waals surface area contributed by atoms with Crippen LogP contribution in [0.15, 0.2) is 53.9 Å². The van der Waals surface area contributed by atoms with E-state index < -0.39 is 10.0 Å². The highest BCUT2D eigenvalue weighted by molar-refractivity contribution is 7.92. The molecule has 0 aromatic heterocycles. The summed E-state index contributed by atoms with van der Waals surface area (Å²) in [6.45, 7) is 6.38. The third-order valence-electron chi connectivity index (χ3n) is 5.31. The molecule has 7 heteroatoms. The summed E-state index contributed by atoms with van der Waals surface area (Å²) in [6, 6.07) is 15.2. The highest BCUT2D eigenvalue weighted by atomic mass is 32.2. The van der Waals surface area contributed by atoms with E-state index in [0.29, 0.717) is 32.7 Å². The van der Waals surface area contributed by atoms with Crippen molar-refractivity contribution in [2.75, 3.05) is 38.0 Å². The Labute approximate surface area is 172 Å². The van der Waals surface area contributed by atoms with Crippen LogP contribution >= 0.6 is 0 Å². The smallest absolute Gasteiger partial charge is 0.279 e. The number of aryl methyl sites for hydroxylation is 1. The Hall–Kier alpha value is -2.48. The molecule has 0 saturated carbocycles. The maximum Gasteiger partial charge on any atom is 0.279 e. The first-order chi connectivity index (χ1) is 13.8. The summed E-state index contributed by atoms with van der Waals surface area (Å²) >= 11 is 0. The van der Waals surface area contributed by atoms with Crippen LogP contribution in [-0.2, 0) is 14.8 Å². The molecule has 1 saturated heterocycles. The molecular weight excluding hydrogens is 386 g/mol. The Bertz CT molecular complexity index is 980. The summed E-state index contributed by atoms with van der Waals surface area (Å²) in [5, 5.41) is 4.24. The van der Waals surface area contributed by atoms with Gasteiger partial charge in [0, 0.05) is 11.1 Å². The zero-order chi connectivity index (χ0) is 20.9. The Morgan fingerprint density at radius 1 is 1.07 bits per heavy atom. The fourth-order valence-electron chi connectivity index (χ4n) is 3.36. The maximum absolute atomic E-state index is 12.5. The van der Waals surface area contributed by atoms with Crippen LogP contribution in [0, 0.1) is 13.8 Å². The average Bonchev–Trinajstić information content (AvgIpc) is 2.71. The lowest BCUT2D eigenvalue weighted by Crippen LogP contribution is -3.15. The quantitative estimate of drug-likeness (QED) is 0.752. The number of amides is 1. The Kier molecular flexibility index (Phi) is 6.84. The molecule has 0 atom stereocenters. The summed E-state index contributed by atoms with van der Waals surface area (Å²) < 4.78 is 26.6. The van der Waals surface area contributed by atoms with Gasteiger partial charge in [-0.25, -0.2) is 8.42 Å².